The van der Waals surface area contributed by atoms with Gasteiger partial charge in [-0.2, -0.15) is 0 Å². The van der Waals surface area contributed by atoms with E-state index < -0.39 is 11.2 Å². The number of carbonyl (C=O) groups is 2. The highest BCUT2D eigenvalue weighted by atomic mass is 16.6. The molecule has 0 aromatic heterocycles. The van der Waals surface area contributed by atoms with Crippen molar-refractivity contribution in [3.8, 4) is 0 Å². The topological polar surface area (TPSA) is 76.7 Å². The van der Waals surface area contributed by atoms with Crippen LogP contribution in [0.2, 0.25) is 0 Å². The van der Waals surface area contributed by atoms with Gasteiger partial charge in [0.05, 0.1) is 0 Å². The molecule has 2 amide bonds. The van der Waals surface area contributed by atoms with Crippen molar-refractivity contribution in [2.75, 3.05) is 13.1 Å². The molecule has 0 spiro atoms. The Bertz CT molecular complexity index is 526. The lowest BCUT2D eigenvalue weighted by molar-refractivity contribution is 0.0303. The number of carbonyl (C=O) groups excluding carboxylic acids is 2. The van der Waals surface area contributed by atoms with E-state index in [1.54, 1.807) is 0 Å². The lowest BCUT2D eigenvalue weighted by Crippen LogP contribution is -2.35. The van der Waals surface area contributed by atoms with Gasteiger partial charge in [0.2, 0.25) is 0 Å². The van der Waals surface area contributed by atoms with Crippen molar-refractivity contribution in [1.82, 2.24) is 10.6 Å². The summed E-state index contributed by atoms with van der Waals surface area (Å²) in [6.07, 6.45) is 11.9. The molecule has 0 aliphatic heterocycles. The van der Waals surface area contributed by atoms with E-state index in [1.807, 2.05) is 34.6 Å². The van der Waals surface area contributed by atoms with Gasteiger partial charge in [0.15, 0.2) is 0 Å². The third kappa shape index (κ3) is 14.3. The summed E-state index contributed by atoms with van der Waals surface area (Å²) >= 11 is 0. The molecule has 0 bridgehead atoms. The van der Waals surface area contributed by atoms with Crippen LogP contribution in [-0.4, -0.2) is 36.5 Å². The van der Waals surface area contributed by atoms with E-state index in [1.165, 1.54) is 38.5 Å². The molecule has 1 aliphatic rings. The second kappa shape index (κ2) is 13.8. The van der Waals surface area contributed by atoms with Crippen molar-refractivity contribution in [3.05, 3.63) is 0 Å². The first-order chi connectivity index (χ1) is 14.5. The van der Waals surface area contributed by atoms with Gasteiger partial charge in [-0.05, 0) is 78.6 Å². The number of hydrogen-bond donors (Lipinski definition) is 2. The van der Waals surface area contributed by atoms with Crippen LogP contribution < -0.4 is 10.6 Å². The Balaban J connectivity index is 2.11. The zero-order valence-electron chi connectivity index (χ0n) is 21.0. The lowest BCUT2D eigenvalue weighted by Gasteiger charge is -2.29. The standard InChI is InChI=1S/C25H48N2O4/c1-7-12-20-13-11-14-21(19-20)15-18-27-23(29)31-25(5,6)16-9-8-10-17-26-22(28)30-24(2,3)4/h20-21H,7-19H2,1-6H3,(H,26,28)(H,27,29). The average Bonchev–Trinajstić information content (AvgIpc) is 2.63. The minimum Gasteiger partial charge on any atom is -0.444 e. The fraction of sp³-hybridized carbons (Fsp3) is 0.920. The fourth-order valence-electron chi connectivity index (χ4n) is 4.41. The second-order valence-corrected chi connectivity index (χ2v) is 10.8. The summed E-state index contributed by atoms with van der Waals surface area (Å²) in [6, 6.07) is 0. The van der Waals surface area contributed by atoms with Crippen molar-refractivity contribution in [2.24, 2.45) is 11.8 Å². The summed E-state index contributed by atoms with van der Waals surface area (Å²) in [5.41, 5.74) is -0.959. The molecule has 0 saturated heterocycles. The van der Waals surface area contributed by atoms with E-state index in [0.29, 0.717) is 13.1 Å². The number of ether oxygens (including phenoxy) is 2. The second-order valence-electron chi connectivity index (χ2n) is 10.8. The van der Waals surface area contributed by atoms with Crippen molar-refractivity contribution >= 4 is 12.2 Å². The minimum absolute atomic E-state index is 0.308. The van der Waals surface area contributed by atoms with E-state index in [4.69, 9.17) is 9.47 Å². The molecule has 1 fully saturated rings. The first-order valence-corrected chi connectivity index (χ1v) is 12.4. The lowest BCUT2D eigenvalue weighted by atomic mass is 9.78. The Morgan fingerprint density at radius 1 is 0.839 bits per heavy atom. The average molecular weight is 441 g/mol. The third-order valence-electron chi connectivity index (χ3n) is 5.90. The van der Waals surface area contributed by atoms with Crippen molar-refractivity contribution < 1.29 is 19.1 Å². The maximum Gasteiger partial charge on any atom is 0.407 e. The summed E-state index contributed by atoms with van der Waals surface area (Å²) < 4.78 is 10.9. The molecule has 0 aromatic carbocycles. The summed E-state index contributed by atoms with van der Waals surface area (Å²) in [4.78, 5) is 23.8. The number of unbranched alkanes of at least 4 members (excludes halogenated alkanes) is 2. The summed E-state index contributed by atoms with van der Waals surface area (Å²) in [5, 5.41) is 5.72. The van der Waals surface area contributed by atoms with Gasteiger partial charge in [-0.1, -0.05) is 45.4 Å². The molecule has 0 aromatic rings. The Morgan fingerprint density at radius 2 is 1.45 bits per heavy atom. The van der Waals surface area contributed by atoms with Crippen molar-refractivity contribution in [1.29, 1.82) is 0 Å². The van der Waals surface area contributed by atoms with E-state index in [-0.39, 0.29) is 12.2 Å². The van der Waals surface area contributed by atoms with Gasteiger partial charge >= 0.3 is 12.2 Å². The van der Waals surface area contributed by atoms with Crippen molar-refractivity contribution in [3.63, 3.8) is 0 Å². The fourth-order valence-corrected chi connectivity index (χ4v) is 4.41. The normalized spacial score (nSPS) is 19.5. The molecule has 31 heavy (non-hydrogen) atoms. The molecule has 6 heteroatoms. The van der Waals surface area contributed by atoms with Gasteiger partial charge in [0.1, 0.15) is 11.2 Å². The number of nitrogens with one attached hydrogen (secondary N) is 2. The van der Waals surface area contributed by atoms with Gasteiger partial charge in [-0.15, -0.1) is 0 Å². The largest absolute Gasteiger partial charge is 0.444 e. The van der Waals surface area contributed by atoms with Gasteiger partial charge < -0.3 is 20.1 Å². The number of rotatable bonds is 12. The van der Waals surface area contributed by atoms with Crippen LogP contribution in [0.1, 0.15) is 112 Å². The Morgan fingerprint density at radius 3 is 2.10 bits per heavy atom. The predicted octanol–water partition coefficient (Wildman–Crippen LogP) is 6.57. The smallest absolute Gasteiger partial charge is 0.407 e. The number of amides is 2. The van der Waals surface area contributed by atoms with Gasteiger partial charge in [-0.3, -0.25) is 0 Å². The molecular weight excluding hydrogens is 392 g/mol. The molecule has 2 N–H and O–H groups in total. The third-order valence-corrected chi connectivity index (χ3v) is 5.90. The molecule has 0 heterocycles. The molecule has 1 aliphatic carbocycles. The molecular formula is C25H48N2O4. The van der Waals surface area contributed by atoms with Crippen LogP contribution >= 0.6 is 0 Å². The monoisotopic (exact) mass is 440 g/mol. The highest BCUT2D eigenvalue weighted by Gasteiger charge is 2.24. The Hall–Kier alpha value is -1.46. The van der Waals surface area contributed by atoms with E-state index in [0.717, 1.165) is 43.9 Å². The van der Waals surface area contributed by atoms with Gasteiger partial charge in [0.25, 0.3) is 0 Å². The van der Waals surface area contributed by atoms with E-state index >= 15 is 0 Å². The van der Waals surface area contributed by atoms with Crippen LogP contribution in [0.5, 0.6) is 0 Å². The van der Waals surface area contributed by atoms with Gasteiger partial charge in [-0.25, -0.2) is 9.59 Å². The van der Waals surface area contributed by atoms with Crippen LogP contribution in [0.15, 0.2) is 0 Å². The van der Waals surface area contributed by atoms with E-state index in [9.17, 15) is 9.59 Å². The first-order valence-electron chi connectivity index (χ1n) is 12.4. The van der Waals surface area contributed by atoms with Crippen LogP contribution in [0.25, 0.3) is 0 Å². The number of alkyl carbamates (subject to hydrolysis) is 2. The predicted molar refractivity (Wildman–Crippen MR) is 126 cm³/mol. The summed E-state index contributed by atoms with van der Waals surface area (Å²) in [6.45, 7) is 13.0. The Kier molecular flexibility index (Phi) is 12.3. The molecule has 1 rings (SSSR count). The highest BCUT2D eigenvalue weighted by molar-refractivity contribution is 5.67. The number of hydrogen-bond acceptors (Lipinski definition) is 4. The Labute approximate surface area is 190 Å². The quantitative estimate of drug-likeness (QED) is 0.336. The molecule has 2 unspecified atom stereocenters. The summed E-state index contributed by atoms with van der Waals surface area (Å²) in [5.74, 6) is 1.63. The molecule has 6 nitrogen and oxygen atoms in total. The van der Waals surface area contributed by atoms with E-state index in [2.05, 4.69) is 17.6 Å². The van der Waals surface area contributed by atoms with Crippen LogP contribution in [0.3, 0.4) is 0 Å². The first kappa shape index (κ1) is 27.6. The maximum absolute atomic E-state index is 12.2. The van der Waals surface area contributed by atoms with Crippen LogP contribution in [0, 0.1) is 11.8 Å². The van der Waals surface area contributed by atoms with Crippen molar-refractivity contribution in [2.45, 2.75) is 123 Å². The molecule has 2 atom stereocenters. The molecule has 182 valence electrons. The minimum atomic E-state index is -0.486. The van der Waals surface area contributed by atoms with Crippen LogP contribution in [0.4, 0.5) is 9.59 Å². The molecule has 0 radical (unpaired) electrons. The van der Waals surface area contributed by atoms with Gasteiger partial charge in [0, 0.05) is 13.1 Å². The molecule has 1 saturated carbocycles. The SMILES string of the molecule is CCCC1CCCC(CCNC(=O)OC(C)(C)CCCCCNC(=O)OC(C)(C)C)C1. The highest BCUT2D eigenvalue weighted by Crippen LogP contribution is 2.33. The zero-order valence-corrected chi connectivity index (χ0v) is 21.0. The van der Waals surface area contributed by atoms with Crippen LogP contribution in [-0.2, 0) is 9.47 Å². The summed E-state index contributed by atoms with van der Waals surface area (Å²) in [7, 11) is 0. The maximum atomic E-state index is 12.2. The zero-order chi connectivity index (χ0) is 23.3.